The molecule has 1 aliphatic rings. The smallest absolute Gasteiger partial charge is 0.225 e. The van der Waals surface area contributed by atoms with E-state index >= 15 is 0 Å². The maximum Gasteiger partial charge on any atom is 0.225 e. The van der Waals surface area contributed by atoms with Crippen LogP contribution in [0.3, 0.4) is 0 Å². The van der Waals surface area contributed by atoms with Crippen LogP contribution in [0.5, 0.6) is 0 Å². The normalized spacial score (nSPS) is 32.4. The molecule has 0 spiro atoms. The van der Waals surface area contributed by atoms with Gasteiger partial charge in [-0.3, -0.25) is 0 Å². The molecule has 5 N–H and O–H groups in total. The van der Waals surface area contributed by atoms with E-state index in [2.05, 4.69) is 10.1 Å². The largest absolute Gasteiger partial charge is 0.394 e. The Bertz CT molecular complexity index is 726. The maximum absolute atomic E-state index is 10.2. The highest BCUT2D eigenvalue weighted by molar-refractivity contribution is 5.66. The van der Waals surface area contributed by atoms with Gasteiger partial charge in [-0.2, -0.15) is 10.4 Å². The molecule has 110 valence electrons. The average molecular weight is 291 g/mol. The molecule has 1 saturated heterocycles. The second kappa shape index (κ2) is 4.64. The van der Waals surface area contributed by atoms with Crippen molar-refractivity contribution in [2.45, 2.75) is 23.9 Å². The van der Waals surface area contributed by atoms with E-state index in [1.165, 1.54) is 16.9 Å². The zero-order chi connectivity index (χ0) is 15.2. The van der Waals surface area contributed by atoms with Gasteiger partial charge in [0.05, 0.1) is 12.3 Å². The minimum atomic E-state index is -1.85. The zero-order valence-electron chi connectivity index (χ0n) is 10.8. The average Bonchev–Trinajstić information content (AvgIpc) is 3.03. The van der Waals surface area contributed by atoms with Crippen LogP contribution in [0.25, 0.3) is 5.52 Å². The second-order valence-corrected chi connectivity index (χ2v) is 4.78. The third-order valence-electron chi connectivity index (χ3n) is 3.67. The van der Waals surface area contributed by atoms with Gasteiger partial charge in [0, 0.05) is 0 Å². The van der Waals surface area contributed by atoms with Gasteiger partial charge in [0.1, 0.15) is 36.2 Å². The van der Waals surface area contributed by atoms with Gasteiger partial charge in [-0.25, -0.2) is 9.50 Å². The van der Waals surface area contributed by atoms with E-state index in [4.69, 9.17) is 10.5 Å². The number of nitrogen functional groups attached to an aromatic ring is 1. The molecule has 0 radical (unpaired) electrons. The van der Waals surface area contributed by atoms with Gasteiger partial charge in [-0.15, -0.1) is 0 Å². The van der Waals surface area contributed by atoms with Crippen LogP contribution in [0.2, 0.25) is 0 Å². The van der Waals surface area contributed by atoms with E-state index in [0.29, 0.717) is 5.52 Å². The van der Waals surface area contributed by atoms with Crippen LogP contribution in [-0.4, -0.2) is 54.8 Å². The quantitative estimate of drug-likeness (QED) is 0.503. The minimum Gasteiger partial charge on any atom is -0.394 e. The number of hydrogen-bond acceptors (Lipinski definition) is 8. The van der Waals surface area contributed by atoms with Crippen LogP contribution < -0.4 is 5.73 Å². The Morgan fingerprint density at radius 2 is 2.24 bits per heavy atom. The fourth-order valence-corrected chi connectivity index (χ4v) is 2.56. The van der Waals surface area contributed by atoms with Crippen LogP contribution in [0.1, 0.15) is 5.69 Å². The summed E-state index contributed by atoms with van der Waals surface area (Å²) in [6.45, 7) is -0.526. The summed E-state index contributed by atoms with van der Waals surface area (Å²) in [5.41, 5.74) is 4.52. The summed E-state index contributed by atoms with van der Waals surface area (Å²) in [5.74, 6) is 0.205. The van der Waals surface area contributed by atoms with Crippen LogP contribution in [0.15, 0.2) is 18.5 Å². The molecule has 1 aliphatic heterocycles. The van der Waals surface area contributed by atoms with E-state index < -0.39 is 30.5 Å². The Balaban J connectivity index is 2.20. The maximum atomic E-state index is 10.2. The number of aliphatic hydroxyl groups excluding tert-OH is 3. The molecular formula is C12H13N5O4. The first-order valence-electron chi connectivity index (χ1n) is 6.20. The summed E-state index contributed by atoms with van der Waals surface area (Å²) in [6, 6.07) is 4.97. The second-order valence-electron chi connectivity index (χ2n) is 4.78. The molecule has 4 atom stereocenters. The molecule has 0 aromatic carbocycles. The molecule has 2 aromatic rings. The van der Waals surface area contributed by atoms with E-state index in [1.807, 2.05) is 6.07 Å². The van der Waals surface area contributed by atoms with E-state index in [-0.39, 0.29) is 11.5 Å². The first-order chi connectivity index (χ1) is 10.0. The summed E-state index contributed by atoms with van der Waals surface area (Å²) < 4.78 is 6.75. The van der Waals surface area contributed by atoms with Gasteiger partial charge in [-0.05, 0) is 12.1 Å². The number of nitrogens with zero attached hydrogens (tertiary/aromatic N) is 4. The van der Waals surface area contributed by atoms with Crippen molar-refractivity contribution in [3.63, 3.8) is 0 Å². The molecule has 21 heavy (non-hydrogen) atoms. The Hall–Kier alpha value is -2.25. The lowest BCUT2D eigenvalue weighted by Gasteiger charge is -2.24. The summed E-state index contributed by atoms with van der Waals surface area (Å²) in [7, 11) is 0. The number of rotatable bonds is 2. The van der Waals surface area contributed by atoms with Crippen molar-refractivity contribution in [3.8, 4) is 6.07 Å². The van der Waals surface area contributed by atoms with Gasteiger partial charge < -0.3 is 25.8 Å². The Morgan fingerprint density at radius 3 is 2.86 bits per heavy atom. The molecule has 0 saturated carbocycles. The van der Waals surface area contributed by atoms with Crippen molar-refractivity contribution in [3.05, 3.63) is 24.2 Å². The summed E-state index contributed by atoms with van der Waals surface area (Å²) in [5, 5.41) is 42.8. The number of hydrogen-bond donors (Lipinski definition) is 4. The lowest BCUT2D eigenvalue weighted by atomic mass is 9.92. The molecular weight excluding hydrogens is 278 g/mol. The fraction of sp³-hybridized carbons (Fsp3) is 0.417. The first-order valence-corrected chi connectivity index (χ1v) is 6.20. The molecule has 1 fully saturated rings. The monoisotopic (exact) mass is 291 g/mol. The Kier molecular flexibility index (Phi) is 3.03. The Morgan fingerprint density at radius 1 is 1.48 bits per heavy atom. The highest BCUT2D eigenvalue weighted by Gasteiger charge is 2.57. The van der Waals surface area contributed by atoms with Crippen molar-refractivity contribution in [2.24, 2.45) is 0 Å². The molecule has 0 amide bonds. The van der Waals surface area contributed by atoms with Gasteiger partial charge in [-0.1, -0.05) is 0 Å². The minimum absolute atomic E-state index is 0.205. The summed E-state index contributed by atoms with van der Waals surface area (Å²) in [4.78, 5) is 3.83. The number of aromatic nitrogens is 3. The third-order valence-corrected chi connectivity index (χ3v) is 3.67. The molecule has 1 unspecified atom stereocenters. The lowest BCUT2D eigenvalue weighted by Crippen LogP contribution is -2.40. The Labute approximate surface area is 118 Å². The van der Waals surface area contributed by atoms with Crippen molar-refractivity contribution in [1.29, 1.82) is 5.26 Å². The number of ether oxygens (including phenoxy) is 1. The molecule has 9 nitrogen and oxygen atoms in total. The number of aliphatic hydroxyl groups is 3. The van der Waals surface area contributed by atoms with E-state index in [9.17, 15) is 20.6 Å². The number of anilines is 1. The van der Waals surface area contributed by atoms with E-state index in [1.54, 1.807) is 6.07 Å². The summed E-state index contributed by atoms with van der Waals surface area (Å²) >= 11 is 0. The van der Waals surface area contributed by atoms with Gasteiger partial charge in [0.15, 0.2) is 5.82 Å². The van der Waals surface area contributed by atoms with Gasteiger partial charge in [0.25, 0.3) is 0 Å². The van der Waals surface area contributed by atoms with Crippen LogP contribution in [0, 0.1) is 11.3 Å². The molecule has 0 bridgehead atoms. The predicted octanol–water partition coefficient (Wildman–Crippen LogP) is -1.86. The van der Waals surface area contributed by atoms with Crippen LogP contribution >= 0.6 is 0 Å². The van der Waals surface area contributed by atoms with Crippen molar-refractivity contribution in [1.82, 2.24) is 14.6 Å². The zero-order valence-corrected chi connectivity index (χ0v) is 10.8. The fourth-order valence-electron chi connectivity index (χ4n) is 2.56. The molecule has 9 heteroatoms. The molecule has 0 aliphatic carbocycles. The van der Waals surface area contributed by atoms with Crippen molar-refractivity contribution in [2.75, 3.05) is 12.3 Å². The molecule has 3 heterocycles. The van der Waals surface area contributed by atoms with Crippen molar-refractivity contribution >= 4 is 11.3 Å². The lowest BCUT2D eigenvalue weighted by molar-refractivity contribution is -0.0643. The van der Waals surface area contributed by atoms with Gasteiger partial charge in [0.2, 0.25) is 5.60 Å². The summed E-state index contributed by atoms with van der Waals surface area (Å²) in [6.07, 6.45) is -2.78. The molecule has 3 rings (SSSR count). The first kappa shape index (κ1) is 13.7. The number of nitriles is 1. The van der Waals surface area contributed by atoms with Crippen LogP contribution in [0.4, 0.5) is 5.82 Å². The predicted molar refractivity (Wildman–Crippen MR) is 68.7 cm³/mol. The van der Waals surface area contributed by atoms with Crippen LogP contribution in [-0.2, 0) is 10.3 Å². The highest BCUT2D eigenvalue weighted by Crippen LogP contribution is 2.40. The third kappa shape index (κ3) is 1.71. The standard InChI is InChI=1S/C12H13N5O4/c13-4-12(10(20)9(19)7(3-18)21-12)8-2-1-6-11(14)15-5-16-17(6)8/h1-2,5,7,9-10,18-20H,3H2,(H2,14,15,16)/t7?,9-,10-,12-/m1/s1. The molecule has 2 aromatic heterocycles. The van der Waals surface area contributed by atoms with E-state index in [0.717, 1.165) is 0 Å². The SMILES string of the molecule is N#C[C@]1(c2ccc3c(N)ncnn23)OC(CO)[C@@H](O)[C@H]1O. The van der Waals surface area contributed by atoms with Gasteiger partial charge >= 0.3 is 0 Å². The number of nitrogens with two attached hydrogens (primary N) is 1. The topological polar surface area (TPSA) is 150 Å². The number of fused-ring (bicyclic) bond motifs is 1. The van der Waals surface area contributed by atoms with Crippen molar-refractivity contribution < 1.29 is 20.1 Å². The highest BCUT2D eigenvalue weighted by atomic mass is 16.6.